The van der Waals surface area contributed by atoms with Gasteiger partial charge in [0.2, 0.25) is 5.13 Å². The van der Waals surface area contributed by atoms with E-state index in [0.29, 0.717) is 6.04 Å². The number of nitrogens with one attached hydrogen (secondary N) is 1. The molecule has 5 nitrogen and oxygen atoms in total. The molecule has 0 amide bonds. The predicted octanol–water partition coefficient (Wildman–Crippen LogP) is 2.70. The van der Waals surface area contributed by atoms with E-state index in [0.717, 1.165) is 26.7 Å². The smallest absolute Gasteiger partial charge is 0.206 e. The lowest BCUT2D eigenvalue weighted by atomic mass is 10.4. The third kappa shape index (κ3) is 2.78. The maximum Gasteiger partial charge on any atom is 0.206 e. The molecule has 3 rings (SSSR count). The van der Waals surface area contributed by atoms with E-state index in [9.17, 15) is 0 Å². The van der Waals surface area contributed by atoms with E-state index in [1.165, 1.54) is 19.2 Å². The molecule has 0 aromatic carbocycles. The topological polar surface area (TPSA) is 63.8 Å². The monoisotopic (exact) mass is 268 g/mol. The molecule has 90 valence electrons. The van der Waals surface area contributed by atoms with Crippen LogP contribution in [0.2, 0.25) is 0 Å². The molecule has 2 aromatic rings. The Labute approximate surface area is 107 Å². The van der Waals surface area contributed by atoms with E-state index in [1.807, 2.05) is 6.92 Å². The second-order valence-corrected chi connectivity index (χ2v) is 6.14. The summed E-state index contributed by atoms with van der Waals surface area (Å²) in [5, 5.41) is 12.5. The van der Waals surface area contributed by atoms with Crippen LogP contribution in [0.4, 0.5) is 5.13 Å². The zero-order chi connectivity index (χ0) is 11.7. The minimum atomic E-state index is 0.624. The second kappa shape index (κ2) is 4.66. The molecule has 1 aliphatic rings. The van der Waals surface area contributed by atoms with E-state index in [-0.39, 0.29) is 0 Å². The third-order valence-corrected chi connectivity index (χ3v) is 4.49. The van der Waals surface area contributed by atoms with Gasteiger partial charge in [0.05, 0.1) is 5.69 Å². The molecule has 0 bridgehead atoms. The molecule has 1 saturated carbocycles. The minimum absolute atomic E-state index is 0.624. The highest BCUT2D eigenvalue weighted by Gasteiger charge is 2.22. The summed E-state index contributed by atoms with van der Waals surface area (Å²) < 4.78 is 6.12. The molecular weight excluding hydrogens is 256 g/mol. The van der Waals surface area contributed by atoms with E-state index in [2.05, 4.69) is 20.5 Å². The predicted molar refractivity (Wildman–Crippen MR) is 67.4 cm³/mol. The van der Waals surface area contributed by atoms with E-state index in [1.54, 1.807) is 23.1 Å². The van der Waals surface area contributed by atoms with Crippen molar-refractivity contribution in [1.29, 1.82) is 0 Å². The number of rotatable bonds is 5. The second-order valence-electron chi connectivity index (χ2n) is 3.94. The number of hydrogen-bond donors (Lipinski definition) is 1. The Kier molecular flexibility index (Phi) is 3.02. The van der Waals surface area contributed by atoms with Crippen LogP contribution in [0.25, 0.3) is 0 Å². The summed E-state index contributed by atoms with van der Waals surface area (Å²) in [5.74, 6) is 1.65. The molecule has 0 atom stereocenters. The molecule has 2 aromatic heterocycles. The van der Waals surface area contributed by atoms with Crippen molar-refractivity contribution in [2.24, 2.45) is 0 Å². The fraction of sp³-hybridized carbons (Fsp3) is 0.500. The SMILES string of the molecule is Cc1ocnc1CSc1nnc(NC2CC2)s1. The lowest BCUT2D eigenvalue weighted by molar-refractivity contribution is 0.525. The number of hydrogen-bond acceptors (Lipinski definition) is 7. The lowest BCUT2D eigenvalue weighted by Gasteiger charge is -1.95. The number of nitrogens with zero attached hydrogens (tertiary/aromatic N) is 3. The van der Waals surface area contributed by atoms with Gasteiger partial charge in [-0.3, -0.25) is 0 Å². The van der Waals surface area contributed by atoms with E-state index in [4.69, 9.17) is 4.42 Å². The van der Waals surface area contributed by atoms with Crippen molar-refractivity contribution >= 4 is 28.2 Å². The standard InChI is InChI=1S/C10H12N4OS2/c1-6-8(11-5-15-6)4-16-10-14-13-9(17-10)12-7-2-3-7/h5,7H,2-4H2,1H3,(H,12,13). The Bertz CT molecular complexity index is 506. The van der Waals surface area contributed by atoms with Gasteiger partial charge in [0.25, 0.3) is 0 Å². The Balaban J connectivity index is 1.57. The Morgan fingerprint density at radius 3 is 3.12 bits per heavy atom. The number of oxazole rings is 1. The van der Waals surface area contributed by atoms with Crippen LogP contribution in [0.15, 0.2) is 15.2 Å². The Morgan fingerprint density at radius 2 is 2.41 bits per heavy atom. The summed E-state index contributed by atoms with van der Waals surface area (Å²) in [6.45, 7) is 1.92. The van der Waals surface area contributed by atoms with Crippen LogP contribution in [-0.4, -0.2) is 21.2 Å². The van der Waals surface area contributed by atoms with Gasteiger partial charge in [0, 0.05) is 11.8 Å². The number of aromatic nitrogens is 3. The summed E-state index contributed by atoms with van der Waals surface area (Å²) in [4.78, 5) is 4.15. The average Bonchev–Trinajstić information content (AvgIpc) is 2.85. The number of anilines is 1. The van der Waals surface area contributed by atoms with Crippen LogP contribution in [0.1, 0.15) is 24.3 Å². The number of thioether (sulfide) groups is 1. The van der Waals surface area contributed by atoms with E-state index < -0.39 is 0 Å². The van der Waals surface area contributed by atoms with Gasteiger partial charge < -0.3 is 9.73 Å². The van der Waals surface area contributed by atoms with Crippen LogP contribution in [0.3, 0.4) is 0 Å². The Morgan fingerprint density at radius 1 is 1.53 bits per heavy atom. The van der Waals surface area contributed by atoms with Gasteiger partial charge in [-0.05, 0) is 19.8 Å². The van der Waals surface area contributed by atoms with Gasteiger partial charge in [0.15, 0.2) is 10.7 Å². The molecule has 0 aliphatic heterocycles. The molecule has 0 saturated heterocycles. The summed E-state index contributed by atoms with van der Waals surface area (Å²) >= 11 is 3.24. The third-order valence-electron chi connectivity index (χ3n) is 2.49. The summed E-state index contributed by atoms with van der Waals surface area (Å²) in [5.41, 5.74) is 0.974. The average molecular weight is 268 g/mol. The van der Waals surface area contributed by atoms with Gasteiger partial charge >= 0.3 is 0 Å². The number of aryl methyl sites for hydroxylation is 1. The summed E-state index contributed by atoms with van der Waals surface area (Å²) in [6, 6.07) is 0.624. The van der Waals surface area contributed by atoms with Crippen molar-refractivity contribution in [1.82, 2.24) is 15.2 Å². The van der Waals surface area contributed by atoms with Crippen LogP contribution >= 0.6 is 23.1 Å². The highest BCUT2D eigenvalue weighted by Crippen LogP contribution is 2.31. The zero-order valence-electron chi connectivity index (χ0n) is 9.34. The fourth-order valence-corrected chi connectivity index (χ4v) is 3.17. The first-order valence-corrected chi connectivity index (χ1v) is 7.23. The van der Waals surface area contributed by atoms with Crippen molar-refractivity contribution in [3.05, 3.63) is 17.8 Å². The van der Waals surface area contributed by atoms with Gasteiger partial charge in [-0.15, -0.1) is 10.2 Å². The quantitative estimate of drug-likeness (QED) is 0.841. The molecule has 1 N–H and O–H groups in total. The van der Waals surface area contributed by atoms with Gasteiger partial charge in [-0.2, -0.15) is 0 Å². The zero-order valence-corrected chi connectivity index (χ0v) is 11.0. The van der Waals surface area contributed by atoms with Gasteiger partial charge in [-0.1, -0.05) is 23.1 Å². The minimum Gasteiger partial charge on any atom is -0.448 e. The normalized spacial score (nSPS) is 15.1. The molecule has 0 spiro atoms. The molecule has 7 heteroatoms. The molecule has 0 radical (unpaired) electrons. The molecule has 1 fully saturated rings. The fourth-order valence-electron chi connectivity index (χ4n) is 1.33. The first-order chi connectivity index (χ1) is 8.31. The van der Waals surface area contributed by atoms with Crippen molar-refractivity contribution in [2.45, 2.75) is 35.9 Å². The van der Waals surface area contributed by atoms with Crippen LogP contribution in [-0.2, 0) is 5.75 Å². The largest absolute Gasteiger partial charge is 0.448 e. The van der Waals surface area contributed by atoms with Crippen LogP contribution < -0.4 is 5.32 Å². The maximum absolute atomic E-state index is 5.15. The van der Waals surface area contributed by atoms with E-state index >= 15 is 0 Å². The lowest BCUT2D eigenvalue weighted by Crippen LogP contribution is -1.99. The summed E-state index contributed by atoms with van der Waals surface area (Å²) in [6.07, 6.45) is 3.98. The van der Waals surface area contributed by atoms with Crippen molar-refractivity contribution < 1.29 is 4.42 Å². The van der Waals surface area contributed by atoms with Crippen LogP contribution in [0.5, 0.6) is 0 Å². The van der Waals surface area contributed by atoms with Crippen LogP contribution in [0, 0.1) is 6.92 Å². The molecule has 2 heterocycles. The highest BCUT2D eigenvalue weighted by molar-refractivity contribution is 8.00. The van der Waals surface area contributed by atoms with Gasteiger partial charge in [-0.25, -0.2) is 4.98 Å². The summed E-state index contributed by atoms with van der Waals surface area (Å²) in [7, 11) is 0. The van der Waals surface area contributed by atoms with Gasteiger partial charge in [0.1, 0.15) is 5.76 Å². The first-order valence-electron chi connectivity index (χ1n) is 5.43. The maximum atomic E-state index is 5.15. The first kappa shape index (κ1) is 11.0. The highest BCUT2D eigenvalue weighted by atomic mass is 32.2. The molecular formula is C10H12N4OS2. The molecule has 1 aliphatic carbocycles. The molecule has 17 heavy (non-hydrogen) atoms. The van der Waals surface area contributed by atoms with Crippen molar-refractivity contribution in [2.75, 3.05) is 5.32 Å². The molecule has 0 unspecified atom stereocenters. The van der Waals surface area contributed by atoms with Crippen molar-refractivity contribution in [3.8, 4) is 0 Å². The Hall–Kier alpha value is -1.08. The van der Waals surface area contributed by atoms with Crippen molar-refractivity contribution in [3.63, 3.8) is 0 Å².